The minimum Gasteiger partial charge on any atom is -0.465 e. The molecule has 0 bridgehead atoms. The van der Waals surface area contributed by atoms with Gasteiger partial charge in [-0.1, -0.05) is 23.7 Å². The molecular formula is C20H15ClFN3O3. The lowest BCUT2D eigenvalue weighted by atomic mass is 10.1. The Morgan fingerprint density at radius 3 is 2.57 bits per heavy atom. The number of anilines is 3. The minimum atomic E-state index is -0.563. The summed E-state index contributed by atoms with van der Waals surface area (Å²) >= 11 is 5.78. The second-order valence-corrected chi connectivity index (χ2v) is 6.08. The van der Waals surface area contributed by atoms with Gasteiger partial charge in [0.25, 0.3) is 5.91 Å². The maximum atomic E-state index is 13.3. The summed E-state index contributed by atoms with van der Waals surface area (Å²) in [7, 11) is 1.26. The van der Waals surface area contributed by atoms with Gasteiger partial charge in [-0.25, -0.2) is 9.18 Å². The van der Waals surface area contributed by atoms with Gasteiger partial charge in [-0.05, 0) is 42.5 Å². The lowest BCUT2D eigenvalue weighted by Crippen LogP contribution is -2.16. The molecule has 0 fully saturated rings. The van der Waals surface area contributed by atoms with E-state index in [0.717, 1.165) is 0 Å². The molecule has 142 valence electrons. The lowest BCUT2D eigenvalue weighted by Gasteiger charge is -2.11. The highest BCUT2D eigenvalue weighted by Crippen LogP contribution is 2.23. The van der Waals surface area contributed by atoms with Gasteiger partial charge in [0.2, 0.25) is 0 Å². The number of esters is 1. The molecule has 0 saturated carbocycles. The predicted molar refractivity (Wildman–Crippen MR) is 105 cm³/mol. The number of para-hydroxylation sites is 1. The van der Waals surface area contributed by atoms with Crippen molar-refractivity contribution in [1.82, 2.24) is 4.98 Å². The van der Waals surface area contributed by atoms with Crippen LogP contribution in [0.25, 0.3) is 0 Å². The molecule has 28 heavy (non-hydrogen) atoms. The van der Waals surface area contributed by atoms with Crippen molar-refractivity contribution in [2.45, 2.75) is 0 Å². The first-order valence-electron chi connectivity index (χ1n) is 8.15. The zero-order valence-corrected chi connectivity index (χ0v) is 15.5. The fraction of sp³-hybridized carbons (Fsp3) is 0.0500. The molecule has 0 radical (unpaired) electrons. The van der Waals surface area contributed by atoms with Crippen LogP contribution in [-0.4, -0.2) is 24.0 Å². The first kappa shape index (κ1) is 19.3. The van der Waals surface area contributed by atoms with Crippen molar-refractivity contribution in [3.05, 3.63) is 82.9 Å². The molecule has 1 aromatic heterocycles. The molecule has 1 amide bonds. The number of benzene rings is 2. The molecule has 3 rings (SSSR count). The topological polar surface area (TPSA) is 80.3 Å². The van der Waals surface area contributed by atoms with Crippen LogP contribution in [0.5, 0.6) is 0 Å². The summed E-state index contributed by atoms with van der Waals surface area (Å²) < 4.78 is 18.0. The molecule has 0 aliphatic heterocycles. The number of nitrogens with one attached hydrogen (secondary N) is 2. The van der Waals surface area contributed by atoms with E-state index in [2.05, 4.69) is 15.6 Å². The van der Waals surface area contributed by atoms with Crippen molar-refractivity contribution in [3.63, 3.8) is 0 Å². The van der Waals surface area contributed by atoms with E-state index in [1.807, 2.05) is 0 Å². The molecule has 3 aromatic rings. The summed E-state index contributed by atoms with van der Waals surface area (Å²) in [5.74, 6) is -1.59. The van der Waals surface area contributed by atoms with Crippen LogP contribution in [-0.2, 0) is 4.74 Å². The average molecular weight is 400 g/mol. The van der Waals surface area contributed by atoms with Crippen LogP contribution >= 0.6 is 11.6 Å². The summed E-state index contributed by atoms with van der Waals surface area (Å²) in [6.07, 6.45) is 1.45. The number of pyridine rings is 1. The maximum absolute atomic E-state index is 13.3. The first-order valence-corrected chi connectivity index (χ1v) is 8.52. The van der Waals surface area contributed by atoms with Crippen LogP contribution in [0, 0.1) is 5.82 Å². The van der Waals surface area contributed by atoms with Gasteiger partial charge in [0, 0.05) is 17.6 Å². The zero-order valence-electron chi connectivity index (χ0n) is 14.7. The van der Waals surface area contributed by atoms with Crippen molar-refractivity contribution in [1.29, 1.82) is 0 Å². The van der Waals surface area contributed by atoms with E-state index < -0.39 is 17.7 Å². The Labute approximate surface area is 165 Å². The number of hydrogen-bond acceptors (Lipinski definition) is 5. The summed E-state index contributed by atoms with van der Waals surface area (Å²) in [6, 6.07) is 13.9. The van der Waals surface area contributed by atoms with E-state index in [9.17, 15) is 14.0 Å². The van der Waals surface area contributed by atoms with E-state index in [1.165, 1.54) is 37.6 Å². The van der Waals surface area contributed by atoms with E-state index in [1.54, 1.807) is 30.3 Å². The SMILES string of the molecule is COC(=O)c1ccccc1NC(=O)c1cc(Nc2ccc(F)c(Cl)c2)ccn1. The highest BCUT2D eigenvalue weighted by atomic mass is 35.5. The largest absolute Gasteiger partial charge is 0.465 e. The van der Waals surface area contributed by atoms with Crippen LogP contribution in [0.2, 0.25) is 5.02 Å². The number of halogens is 2. The van der Waals surface area contributed by atoms with Gasteiger partial charge in [0.05, 0.1) is 23.4 Å². The van der Waals surface area contributed by atoms with Crippen molar-refractivity contribution < 1.29 is 18.7 Å². The van der Waals surface area contributed by atoms with Gasteiger partial charge in [-0.2, -0.15) is 0 Å². The van der Waals surface area contributed by atoms with Gasteiger partial charge in [0.1, 0.15) is 11.5 Å². The highest BCUT2D eigenvalue weighted by Gasteiger charge is 2.15. The molecule has 0 spiro atoms. The smallest absolute Gasteiger partial charge is 0.339 e. The summed E-state index contributed by atoms with van der Waals surface area (Å²) in [5, 5.41) is 5.66. The third-order valence-electron chi connectivity index (χ3n) is 3.78. The molecule has 2 aromatic carbocycles. The maximum Gasteiger partial charge on any atom is 0.339 e. The molecule has 0 unspecified atom stereocenters. The van der Waals surface area contributed by atoms with Crippen LogP contribution in [0.1, 0.15) is 20.8 Å². The molecule has 8 heteroatoms. The highest BCUT2D eigenvalue weighted by molar-refractivity contribution is 6.31. The predicted octanol–water partition coefficient (Wildman–Crippen LogP) is 4.66. The Bertz CT molecular complexity index is 1040. The standard InChI is InChI=1S/C20H15ClFN3O3/c1-28-20(27)14-4-2-3-5-17(14)25-19(26)18-11-13(8-9-23-18)24-12-6-7-16(22)15(21)10-12/h2-11H,1H3,(H,23,24)(H,25,26). The molecule has 2 N–H and O–H groups in total. The Kier molecular flexibility index (Phi) is 5.86. The molecule has 1 heterocycles. The number of ether oxygens (including phenoxy) is 1. The van der Waals surface area contributed by atoms with E-state index >= 15 is 0 Å². The van der Waals surface area contributed by atoms with Gasteiger partial charge >= 0.3 is 5.97 Å². The first-order chi connectivity index (χ1) is 13.5. The molecular weight excluding hydrogens is 385 g/mol. The molecule has 0 aliphatic rings. The van der Waals surface area contributed by atoms with Gasteiger partial charge in [-0.3, -0.25) is 9.78 Å². The van der Waals surface area contributed by atoms with E-state index in [-0.39, 0.29) is 16.3 Å². The van der Waals surface area contributed by atoms with Gasteiger partial charge in [0.15, 0.2) is 0 Å². The molecule has 0 atom stereocenters. The minimum absolute atomic E-state index is 0.0172. The lowest BCUT2D eigenvalue weighted by molar-refractivity contribution is 0.0602. The number of amides is 1. The average Bonchev–Trinajstić information content (AvgIpc) is 2.71. The fourth-order valence-corrected chi connectivity index (χ4v) is 2.62. The number of rotatable bonds is 5. The van der Waals surface area contributed by atoms with Crippen molar-refractivity contribution in [3.8, 4) is 0 Å². The molecule has 0 saturated heterocycles. The normalized spacial score (nSPS) is 10.2. The number of hydrogen-bond donors (Lipinski definition) is 2. The molecule has 6 nitrogen and oxygen atoms in total. The Balaban J connectivity index is 1.79. The number of carbonyl (C=O) groups excluding carboxylic acids is 2. The van der Waals surface area contributed by atoms with Gasteiger partial charge < -0.3 is 15.4 Å². The Morgan fingerprint density at radius 1 is 1.07 bits per heavy atom. The van der Waals surface area contributed by atoms with Crippen molar-refractivity contribution >= 4 is 40.5 Å². The van der Waals surface area contributed by atoms with E-state index in [0.29, 0.717) is 17.1 Å². The Hall–Kier alpha value is -3.45. The van der Waals surface area contributed by atoms with Crippen LogP contribution < -0.4 is 10.6 Å². The number of nitrogens with zero attached hydrogens (tertiary/aromatic N) is 1. The second-order valence-electron chi connectivity index (χ2n) is 5.67. The van der Waals surface area contributed by atoms with Crippen LogP contribution in [0.3, 0.4) is 0 Å². The number of methoxy groups -OCH3 is 1. The number of carbonyl (C=O) groups is 2. The summed E-state index contributed by atoms with van der Waals surface area (Å²) in [4.78, 5) is 28.4. The van der Waals surface area contributed by atoms with Crippen LogP contribution in [0.15, 0.2) is 60.8 Å². The monoisotopic (exact) mass is 399 g/mol. The zero-order chi connectivity index (χ0) is 20.1. The third kappa shape index (κ3) is 4.44. The second kappa shape index (κ2) is 8.49. The fourth-order valence-electron chi connectivity index (χ4n) is 2.44. The third-order valence-corrected chi connectivity index (χ3v) is 4.07. The van der Waals surface area contributed by atoms with Crippen molar-refractivity contribution in [2.24, 2.45) is 0 Å². The summed E-state index contributed by atoms with van der Waals surface area (Å²) in [5.41, 5.74) is 1.78. The molecule has 0 aliphatic carbocycles. The number of aromatic nitrogens is 1. The Morgan fingerprint density at radius 2 is 1.82 bits per heavy atom. The van der Waals surface area contributed by atoms with Gasteiger partial charge in [-0.15, -0.1) is 0 Å². The summed E-state index contributed by atoms with van der Waals surface area (Å²) in [6.45, 7) is 0. The van der Waals surface area contributed by atoms with Crippen molar-refractivity contribution in [2.75, 3.05) is 17.7 Å². The quantitative estimate of drug-likeness (QED) is 0.610. The van der Waals surface area contributed by atoms with E-state index in [4.69, 9.17) is 16.3 Å². The van der Waals surface area contributed by atoms with Crippen LogP contribution in [0.4, 0.5) is 21.5 Å².